The maximum absolute atomic E-state index is 10.9. The Labute approximate surface area is 99.5 Å². The van der Waals surface area contributed by atoms with Crippen LogP contribution in [0.1, 0.15) is 28.7 Å². The van der Waals surface area contributed by atoms with Gasteiger partial charge in [0.2, 0.25) is 0 Å². The van der Waals surface area contributed by atoms with Crippen molar-refractivity contribution < 1.29 is 9.90 Å². The van der Waals surface area contributed by atoms with E-state index in [1.165, 1.54) is 0 Å². The second-order valence-electron chi connectivity index (χ2n) is 3.87. The molecule has 2 rings (SSSR count). The highest BCUT2D eigenvalue weighted by Gasteiger charge is 2.09. The number of carboxylic acids is 1. The first-order chi connectivity index (χ1) is 8.13. The quantitative estimate of drug-likeness (QED) is 0.881. The van der Waals surface area contributed by atoms with E-state index in [1.807, 2.05) is 30.7 Å². The fourth-order valence-corrected chi connectivity index (χ4v) is 1.87. The normalized spacial score (nSPS) is 10.5. The summed E-state index contributed by atoms with van der Waals surface area (Å²) in [5, 5.41) is 8.91. The van der Waals surface area contributed by atoms with Crippen molar-refractivity contribution in [3.8, 4) is 5.69 Å². The molecule has 1 aromatic carbocycles. The molecule has 0 fully saturated rings. The lowest BCUT2D eigenvalue weighted by atomic mass is 10.1. The summed E-state index contributed by atoms with van der Waals surface area (Å²) >= 11 is 0. The smallest absolute Gasteiger partial charge is 0.335 e. The number of aromatic nitrogens is 2. The second-order valence-corrected chi connectivity index (χ2v) is 3.87. The standard InChI is InChI=1S/C13H14N2O2/c1-3-12-14-6-7-15(12)11-5-4-10(13(16)17)8-9(11)2/h4-8H,3H2,1-2H3,(H,16,17). The van der Waals surface area contributed by atoms with Gasteiger partial charge in [0.05, 0.1) is 5.56 Å². The van der Waals surface area contributed by atoms with Crippen LogP contribution in [0.2, 0.25) is 0 Å². The Hall–Kier alpha value is -2.10. The molecule has 88 valence electrons. The molecule has 0 saturated heterocycles. The van der Waals surface area contributed by atoms with Gasteiger partial charge in [-0.05, 0) is 30.7 Å². The number of imidazole rings is 1. The first kappa shape index (κ1) is 11.4. The minimum Gasteiger partial charge on any atom is -0.478 e. The molecule has 0 amide bonds. The van der Waals surface area contributed by atoms with Crippen LogP contribution in [0.15, 0.2) is 30.6 Å². The van der Waals surface area contributed by atoms with Gasteiger partial charge in [0, 0.05) is 24.5 Å². The van der Waals surface area contributed by atoms with Crippen molar-refractivity contribution in [2.45, 2.75) is 20.3 Å². The molecule has 0 spiro atoms. The van der Waals surface area contributed by atoms with E-state index >= 15 is 0 Å². The molecule has 0 atom stereocenters. The minimum atomic E-state index is -0.902. The Morgan fingerprint density at radius 2 is 2.24 bits per heavy atom. The van der Waals surface area contributed by atoms with Crippen molar-refractivity contribution in [1.82, 2.24) is 9.55 Å². The fourth-order valence-electron chi connectivity index (χ4n) is 1.87. The summed E-state index contributed by atoms with van der Waals surface area (Å²) in [5.74, 6) is 0.0668. The average molecular weight is 230 g/mol. The van der Waals surface area contributed by atoms with Gasteiger partial charge < -0.3 is 9.67 Å². The lowest BCUT2D eigenvalue weighted by Gasteiger charge is -2.10. The van der Waals surface area contributed by atoms with Crippen LogP contribution >= 0.6 is 0 Å². The average Bonchev–Trinajstić information content (AvgIpc) is 2.76. The highest BCUT2D eigenvalue weighted by molar-refractivity contribution is 5.88. The molecule has 0 aliphatic carbocycles. The van der Waals surface area contributed by atoms with Crippen molar-refractivity contribution >= 4 is 5.97 Å². The van der Waals surface area contributed by atoms with E-state index in [0.29, 0.717) is 5.56 Å². The molecule has 4 heteroatoms. The van der Waals surface area contributed by atoms with Crippen LogP contribution in [-0.2, 0) is 6.42 Å². The molecule has 4 nitrogen and oxygen atoms in total. The Bertz CT molecular complexity index is 558. The molecule has 0 aliphatic rings. The molecule has 1 aromatic heterocycles. The van der Waals surface area contributed by atoms with E-state index in [1.54, 1.807) is 18.3 Å². The first-order valence-electron chi connectivity index (χ1n) is 5.50. The van der Waals surface area contributed by atoms with Crippen LogP contribution in [-0.4, -0.2) is 20.6 Å². The topological polar surface area (TPSA) is 55.1 Å². The van der Waals surface area contributed by atoms with E-state index in [4.69, 9.17) is 5.11 Å². The number of nitrogens with zero attached hydrogens (tertiary/aromatic N) is 2. The predicted octanol–water partition coefficient (Wildman–Crippen LogP) is 2.44. The second kappa shape index (κ2) is 4.41. The lowest BCUT2D eigenvalue weighted by molar-refractivity contribution is 0.0697. The SMILES string of the molecule is CCc1nccn1-c1ccc(C(=O)O)cc1C. The zero-order valence-electron chi connectivity index (χ0n) is 9.84. The molecule has 2 aromatic rings. The summed E-state index contributed by atoms with van der Waals surface area (Å²) in [5.41, 5.74) is 2.21. The third-order valence-electron chi connectivity index (χ3n) is 2.74. The zero-order valence-corrected chi connectivity index (χ0v) is 9.84. The molecule has 0 radical (unpaired) electrons. The molecule has 1 N–H and O–H groups in total. The summed E-state index contributed by atoms with van der Waals surface area (Å²) in [4.78, 5) is 15.1. The summed E-state index contributed by atoms with van der Waals surface area (Å²) < 4.78 is 1.99. The molecule has 1 heterocycles. The van der Waals surface area contributed by atoms with Crippen molar-refractivity contribution in [3.63, 3.8) is 0 Å². The van der Waals surface area contributed by atoms with Gasteiger partial charge in [0.1, 0.15) is 5.82 Å². The molecule has 0 unspecified atom stereocenters. The third kappa shape index (κ3) is 2.06. The number of carbonyl (C=O) groups is 1. The Morgan fingerprint density at radius 3 is 2.82 bits per heavy atom. The zero-order chi connectivity index (χ0) is 12.4. The largest absolute Gasteiger partial charge is 0.478 e. The minimum absolute atomic E-state index is 0.310. The van der Waals surface area contributed by atoms with Crippen molar-refractivity contribution in [1.29, 1.82) is 0 Å². The van der Waals surface area contributed by atoms with E-state index in [9.17, 15) is 4.79 Å². The molecule has 0 saturated carbocycles. The third-order valence-corrected chi connectivity index (χ3v) is 2.74. The number of hydrogen-bond donors (Lipinski definition) is 1. The maximum atomic E-state index is 10.9. The monoisotopic (exact) mass is 230 g/mol. The van der Waals surface area contributed by atoms with E-state index < -0.39 is 5.97 Å². The van der Waals surface area contributed by atoms with Gasteiger partial charge in [-0.3, -0.25) is 0 Å². The van der Waals surface area contributed by atoms with Crippen LogP contribution in [0.3, 0.4) is 0 Å². The number of rotatable bonds is 3. The van der Waals surface area contributed by atoms with E-state index in [2.05, 4.69) is 4.98 Å². The molecule has 17 heavy (non-hydrogen) atoms. The van der Waals surface area contributed by atoms with Crippen LogP contribution in [0.5, 0.6) is 0 Å². The molecular weight excluding hydrogens is 216 g/mol. The highest BCUT2D eigenvalue weighted by Crippen LogP contribution is 2.17. The van der Waals surface area contributed by atoms with Gasteiger partial charge in [-0.1, -0.05) is 6.92 Å². The van der Waals surface area contributed by atoms with Gasteiger partial charge in [-0.2, -0.15) is 0 Å². The number of benzene rings is 1. The highest BCUT2D eigenvalue weighted by atomic mass is 16.4. The summed E-state index contributed by atoms with van der Waals surface area (Å²) in [7, 11) is 0. The van der Waals surface area contributed by atoms with Crippen LogP contribution in [0, 0.1) is 6.92 Å². The van der Waals surface area contributed by atoms with Gasteiger partial charge in [0.25, 0.3) is 0 Å². The maximum Gasteiger partial charge on any atom is 0.335 e. The van der Waals surface area contributed by atoms with Crippen molar-refractivity contribution in [2.75, 3.05) is 0 Å². The van der Waals surface area contributed by atoms with Crippen LogP contribution in [0.4, 0.5) is 0 Å². The first-order valence-corrected chi connectivity index (χ1v) is 5.50. The van der Waals surface area contributed by atoms with E-state index in [-0.39, 0.29) is 0 Å². The van der Waals surface area contributed by atoms with Crippen molar-refractivity contribution in [2.24, 2.45) is 0 Å². The lowest BCUT2D eigenvalue weighted by Crippen LogP contribution is -2.03. The van der Waals surface area contributed by atoms with Crippen LogP contribution < -0.4 is 0 Å². The van der Waals surface area contributed by atoms with Gasteiger partial charge in [0.15, 0.2) is 0 Å². The van der Waals surface area contributed by atoms with E-state index in [0.717, 1.165) is 23.5 Å². The number of aromatic carboxylic acids is 1. The summed E-state index contributed by atoms with van der Waals surface area (Å²) in [6, 6.07) is 5.11. The summed E-state index contributed by atoms with van der Waals surface area (Å²) in [6.45, 7) is 3.95. The molecule has 0 aliphatic heterocycles. The Morgan fingerprint density at radius 1 is 1.47 bits per heavy atom. The van der Waals surface area contributed by atoms with Gasteiger partial charge in [-0.25, -0.2) is 9.78 Å². The molecule has 0 bridgehead atoms. The number of hydrogen-bond acceptors (Lipinski definition) is 2. The number of carboxylic acid groups (broad SMARTS) is 1. The Balaban J connectivity index is 2.50. The fraction of sp³-hybridized carbons (Fsp3) is 0.231. The van der Waals surface area contributed by atoms with Gasteiger partial charge in [-0.15, -0.1) is 0 Å². The van der Waals surface area contributed by atoms with Crippen LogP contribution in [0.25, 0.3) is 5.69 Å². The van der Waals surface area contributed by atoms with Crippen molar-refractivity contribution in [3.05, 3.63) is 47.5 Å². The number of aryl methyl sites for hydroxylation is 2. The predicted molar refractivity (Wildman–Crippen MR) is 64.6 cm³/mol. The molecular formula is C13H14N2O2. The van der Waals surface area contributed by atoms with Gasteiger partial charge >= 0.3 is 5.97 Å². The Kier molecular flexibility index (Phi) is 2.95. The summed E-state index contributed by atoms with van der Waals surface area (Å²) in [6.07, 6.45) is 4.48.